The van der Waals surface area contributed by atoms with Crippen molar-refractivity contribution in [2.75, 3.05) is 24.6 Å². The number of hydrogen-bond acceptors (Lipinski definition) is 3. The van der Waals surface area contributed by atoms with Crippen molar-refractivity contribution in [3.05, 3.63) is 59.1 Å². The zero-order valence-electron chi connectivity index (χ0n) is 13.7. The highest BCUT2D eigenvalue weighted by Crippen LogP contribution is 2.23. The van der Waals surface area contributed by atoms with E-state index in [9.17, 15) is 9.59 Å². The third kappa shape index (κ3) is 4.31. The van der Waals surface area contributed by atoms with E-state index in [1.165, 1.54) is 0 Å². The van der Waals surface area contributed by atoms with Crippen LogP contribution >= 0.6 is 11.6 Å². The molecule has 1 aliphatic heterocycles. The Kier molecular flexibility index (Phi) is 5.56. The lowest BCUT2D eigenvalue weighted by atomic mass is 10.1. The second-order valence-electron chi connectivity index (χ2n) is 5.73. The van der Waals surface area contributed by atoms with Gasteiger partial charge in [0.05, 0.1) is 11.6 Å². The first kappa shape index (κ1) is 17.3. The van der Waals surface area contributed by atoms with Gasteiger partial charge in [-0.25, -0.2) is 0 Å². The number of nitrogens with zero attached hydrogens (tertiary/aromatic N) is 1. The van der Waals surface area contributed by atoms with Crippen LogP contribution in [0.3, 0.4) is 0 Å². The van der Waals surface area contributed by atoms with E-state index in [0.29, 0.717) is 42.5 Å². The molecule has 1 heterocycles. The topological polar surface area (TPSA) is 58.6 Å². The molecule has 0 atom stereocenters. The minimum atomic E-state index is -0.198. The minimum absolute atomic E-state index is 0.102. The summed E-state index contributed by atoms with van der Waals surface area (Å²) in [6.45, 7) is 1.38. The first-order valence-corrected chi connectivity index (χ1v) is 8.59. The van der Waals surface area contributed by atoms with Crippen molar-refractivity contribution in [3.8, 4) is 5.75 Å². The summed E-state index contributed by atoms with van der Waals surface area (Å²) in [5.41, 5.74) is 1.29. The van der Waals surface area contributed by atoms with Crippen LogP contribution in [0.4, 0.5) is 5.69 Å². The van der Waals surface area contributed by atoms with E-state index < -0.39 is 0 Å². The van der Waals surface area contributed by atoms with Gasteiger partial charge in [-0.1, -0.05) is 29.8 Å². The van der Waals surface area contributed by atoms with Crippen molar-refractivity contribution < 1.29 is 14.3 Å². The lowest BCUT2D eigenvalue weighted by molar-refractivity contribution is -0.117. The third-order valence-electron chi connectivity index (χ3n) is 3.98. The maximum Gasteiger partial charge on any atom is 0.251 e. The van der Waals surface area contributed by atoms with Crippen LogP contribution in [0.1, 0.15) is 23.2 Å². The van der Waals surface area contributed by atoms with E-state index in [1.807, 2.05) is 18.2 Å². The predicted octanol–water partition coefficient (Wildman–Crippen LogP) is 3.28. The highest BCUT2D eigenvalue weighted by molar-refractivity contribution is 6.32. The number of ether oxygens (including phenoxy) is 1. The summed E-state index contributed by atoms with van der Waals surface area (Å²) in [5.74, 6) is 0.495. The minimum Gasteiger partial charge on any atom is -0.490 e. The number of hydrogen-bond donors (Lipinski definition) is 1. The van der Waals surface area contributed by atoms with Crippen LogP contribution in [-0.2, 0) is 4.79 Å². The van der Waals surface area contributed by atoms with Gasteiger partial charge >= 0.3 is 0 Å². The third-order valence-corrected chi connectivity index (χ3v) is 4.29. The molecule has 25 heavy (non-hydrogen) atoms. The number of carbonyl (C=O) groups excluding carboxylic acids is 2. The largest absolute Gasteiger partial charge is 0.490 e. The summed E-state index contributed by atoms with van der Waals surface area (Å²) in [5, 5.41) is 3.35. The fraction of sp³-hybridized carbons (Fsp3) is 0.263. The molecule has 1 fully saturated rings. The van der Waals surface area contributed by atoms with Gasteiger partial charge in [-0.05, 0) is 36.8 Å². The average molecular weight is 359 g/mol. The average Bonchev–Trinajstić information content (AvgIpc) is 3.06. The van der Waals surface area contributed by atoms with Gasteiger partial charge in [0.1, 0.15) is 12.4 Å². The second kappa shape index (κ2) is 8.03. The van der Waals surface area contributed by atoms with Crippen LogP contribution in [0, 0.1) is 0 Å². The van der Waals surface area contributed by atoms with E-state index in [0.717, 1.165) is 12.1 Å². The molecule has 2 aromatic rings. The number of para-hydroxylation sites is 1. The zero-order chi connectivity index (χ0) is 17.6. The Balaban J connectivity index is 1.53. The van der Waals surface area contributed by atoms with Gasteiger partial charge < -0.3 is 15.0 Å². The maximum atomic E-state index is 12.3. The van der Waals surface area contributed by atoms with Gasteiger partial charge in [-0.3, -0.25) is 9.59 Å². The summed E-state index contributed by atoms with van der Waals surface area (Å²) >= 11 is 6.01. The Bertz CT molecular complexity index is 779. The normalized spacial score (nSPS) is 13.8. The predicted molar refractivity (Wildman–Crippen MR) is 97.3 cm³/mol. The number of anilines is 1. The first-order chi connectivity index (χ1) is 12.1. The van der Waals surface area contributed by atoms with E-state index in [2.05, 4.69) is 5.32 Å². The molecule has 130 valence electrons. The Labute approximate surface area is 151 Å². The van der Waals surface area contributed by atoms with Crippen LogP contribution in [0.5, 0.6) is 5.75 Å². The molecule has 3 rings (SSSR count). The van der Waals surface area contributed by atoms with E-state index in [-0.39, 0.29) is 11.8 Å². The van der Waals surface area contributed by atoms with Crippen LogP contribution in [0.25, 0.3) is 0 Å². The number of carbonyl (C=O) groups is 2. The molecule has 0 aromatic heterocycles. The van der Waals surface area contributed by atoms with E-state index in [4.69, 9.17) is 16.3 Å². The maximum absolute atomic E-state index is 12.3. The van der Waals surface area contributed by atoms with E-state index >= 15 is 0 Å². The molecule has 0 aliphatic carbocycles. The van der Waals surface area contributed by atoms with E-state index in [1.54, 1.807) is 35.2 Å². The van der Waals surface area contributed by atoms with Crippen molar-refractivity contribution in [1.82, 2.24) is 5.32 Å². The monoisotopic (exact) mass is 358 g/mol. The van der Waals surface area contributed by atoms with Crippen LogP contribution in [0.2, 0.25) is 5.02 Å². The number of benzene rings is 2. The Morgan fingerprint density at radius 2 is 2.04 bits per heavy atom. The molecule has 0 radical (unpaired) electrons. The van der Waals surface area contributed by atoms with Crippen molar-refractivity contribution >= 4 is 29.1 Å². The van der Waals surface area contributed by atoms with Gasteiger partial charge in [0.15, 0.2) is 0 Å². The van der Waals surface area contributed by atoms with Crippen molar-refractivity contribution in [1.29, 1.82) is 0 Å². The summed E-state index contributed by atoms with van der Waals surface area (Å²) in [6.07, 6.45) is 1.42. The zero-order valence-corrected chi connectivity index (χ0v) is 14.5. The molecule has 1 saturated heterocycles. The number of amides is 2. The first-order valence-electron chi connectivity index (χ1n) is 8.21. The number of halogens is 1. The molecule has 2 aromatic carbocycles. The molecule has 5 nitrogen and oxygen atoms in total. The molecular formula is C19H19ClN2O3. The summed E-state index contributed by atoms with van der Waals surface area (Å²) < 4.78 is 5.54. The quantitative estimate of drug-likeness (QED) is 0.806. The van der Waals surface area contributed by atoms with Gasteiger partial charge in [0.25, 0.3) is 5.91 Å². The molecule has 6 heteroatoms. The Morgan fingerprint density at radius 1 is 1.20 bits per heavy atom. The summed E-state index contributed by atoms with van der Waals surface area (Å²) in [6, 6.07) is 14.3. The molecule has 0 spiro atoms. The molecule has 0 unspecified atom stereocenters. The van der Waals surface area contributed by atoms with Gasteiger partial charge in [0, 0.05) is 24.2 Å². The Morgan fingerprint density at radius 3 is 2.80 bits per heavy atom. The highest BCUT2D eigenvalue weighted by Gasteiger charge is 2.22. The van der Waals surface area contributed by atoms with Crippen LogP contribution in [-0.4, -0.2) is 31.5 Å². The molecule has 1 aliphatic rings. The standard InChI is InChI=1S/C19H19ClN2O3/c20-16-7-1-2-8-17(16)25-12-10-21-19(24)14-5-3-6-15(13-14)22-11-4-9-18(22)23/h1-3,5-8,13H,4,9-12H2,(H,21,24). The summed E-state index contributed by atoms with van der Waals surface area (Å²) in [4.78, 5) is 25.8. The summed E-state index contributed by atoms with van der Waals surface area (Å²) in [7, 11) is 0. The molecule has 2 amide bonds. The van der Waals surface area contributed by atoms with Gasteiger partial charge in [-0.2, -0.15) is 0 Å². The van der Waals surface area contributed by atoms with Gasteiger partial charge in [0.2, 0.25) is 5.91 Å². The van der Waals surface area contributed by atoms with Crippen molar-refractivity contribution in [2.24, 2.45) is 0 Å². The SMILES string of the molecule is O=C(NCCOc1ccccc1Cl)c1cccc(N2CCCC2=O)c1. The molecule has 0 saturated carbocycles. The lowest BCUT2D eigenvalue weighted by Gasteiger charge is -2.16. The second-order valence-corrected chi connectivity index (χ2v) is 6.14. The number of rotatable bonds is 6. The highest BCUT2D eigenvalue weighted by atomic mass is 35.5. The number of nitrogens with one attached hydrogen (secondary N) is 1. The van der Waals surface area contributed by atoms with Gasteiger partial charge in [-0.15, -0.1) is 0 Å². The smallest absolute Gasteiger partial charge is 0.251 e. The van der Waals surface area contributed by atoms with Crippen molar-refractivity contribution in [3.63, 3.8) is 0 Å². The molecule has 1 N–H and O–H groups in total. The molecule has 0 bridgehead atoms. The van der Waals surface area contributed by atoms with Crippen molar-refractivity contribution in [2.45, 2.75) is 12.8 Å². The lowest BCUT2D eigenvalue weighted by Crippen LogP contribution is -2.29. The fourth-order valence-corrected chi connectivity index (χ4v) is 2.92. The molecular weight excluding hydrogens is 340 g/mol. The van der Waals surface area contributed by atoms with Crippen LogP contribution < -0.4 is 15.0 Å². The Hall–Kier alpha value is -2.53. The fourth-order valence-electron chi connectivity index (χ4n) is 2.73. The van der Waals surface area contributed by atoms with Crippen LogP contribution in [0.15, 0.2) is 48.5 Å².